The van der Waals surface area contributed by atoms with Crippen LogP contribution in [0.3, 0.4) is 0 Å². The molecule has 0 aliphatic rings. The van der Waals surface area contributed by atoms with Crippen molar-refractivity contribution in [1.29, 1.82) is 0 Å². The van der Waals surface area contributed by atoms with Crippen molar-refractivity contribution in [1.82, 2.24) is 4.98 Å². The van der Waals surface area contributed by atoms with Gasteiger partial charge in [0.15, 0.2) is 0 Å². The standard InChI is InChI=1S/C17H16N4OS/c1-11(13-6-5-7-14(10-13)18-12(2)22)20-21-17-19-15-8-3-4-9-16(15)23-17/h3-10H,1-2H3,(H,18,22)(H,19,21)/b20-11-. The smallest absolute Gasteiger partial charge is 0.221 e. The highest BCUT2D eigenvalue weighted by molar-refractivity contribution is 7.22. The van der Waals surface area contributed by atoms with Gasteiger partial charge >= 0.3 is 0 Å². The number of hydrazone groups is 1. The number of carbonyl (C=O) groups excluding carboxylic acids is 1. The second kappa shape index (κ2) is 6.58. The van der Waals surface area contributed by atoms with Crippen LogP contribution in [0.4, 0.5) is 10.8 Å². The van der Waals surface area contributed by atoms with Crippen LogP contribution in [0.2, 0.25) is 0 Å². The topological polar surface area (TPSA) is 66.4 Å². The number of nitrogens with one attached hydrogen (secondary N) is 2. The Labute approximate surface area is 138 Å². The fourth-order valence-corrected chi connectivity index (χ4v) is 2.95. The van der Waals surface area contributed by atoms with Crippen molar-refractivity contribution < 1.29 is 4.79 Å². The molecule has 0 unspecified atom stereocenters. The fourth-order valence-electron chi connectivity index (χ4n) is 2.14. The number of hydrogen-bond donors (Lipinski definition) is 2. The third-order valence-electron chi connectivity index (χ3n) is 3.21. The highest BCUT2D eigenvalue weighted by Gasteiger charge is 2.03. The summed E-state index contributed by atoms with van der Waals surface area (Å²) in [6.45, 7) is 3.40. The van der Waals surface area contributed by atoms with Crippen LogP contribution in [-0.2, 0) is 4.79 Å². The first-order chi connectivity index (χ1) is 11.1. The molecule has 1 amide bonds. The van der Waals surface area contributed by atoms with Crippen molar-refractivity contribution in [3.05, 3.63) is 54.1 Å². The van der Waals surface area contributed by atoms with E-state index >= 15 is 0 Å². The summed E-state index contributed by atoms with van der Waals surface area (Å²) in [4.78, 5) is 15.6. The molecule has 0 radical (unpaired) electrons. The molecule has 5 nitrogen and oxygen atoms in total. The molecule has 3 aromatic rings. The van der Waals surface area contributed by atoms with Gasteiger partial charge in [-0.3, -0.25) is 10.2 Å². The molecule has 1 heterocycles. The van der Waals surface area contributed by atoms with E-state index in [2.05, 4.69) is 20.8 Å². The van der Waals surface area contributed by atoms with Crippen LogP contribution in [0.1, 0.15) is 19.4 Å². The number of fused-ring (bicyclic) bond motifs is 1. The zero-order chi connectivity index (χ0) is 16.2. The zero-order valence-corrected chi connectivity index (χ0v) is 13.6. The number of anilines is 2. The van der Waals surface area contributed by atoms with Crippen LogP contribution in [0.15, 0.2) is 53.6 Å². The molecule has 0 aliphatic carbocycles. The Morgan fingerprint density at radius 1 is 1.13 bits per heavy atom. The highest BCUT2D eigenvalue weighted by Crippen LogP contribution is 2.25. The molecule has 2 N–H and O–H groups in total. The molecule has 6 heteroatoms. The van der Waals surface area contributed by atoms with Gasteiger partial charge in [-0.15, -0.1) is 0 Å². The van der Waals surface area contributed by atoms with Gasteiger partial charge in [0.25, 0.3) is 0 Å². The minimum atomic E-state index is -0.0932. The summed E-state index contributed by atoms with van der Waals surface area (Å²) in [5.74, 6) is -0.0932. The molecule has 0 saturated carbocycles. The van der Waals surface area contributed by atoms with E-state index in [0.717, 1.165) is 32.3 Å². The minimum absolute atomic E-state index is 0.0932. The summed E-state index contributed by atoms with van der Waals surface area (Å²) in [5, 5.41) is 7.90. The maximum absolute atomic E-state index is 11.1. The number of hydrogen-bond acceptors (Lipinski definition) is 5. The van der Waals surface area contributed by atoms with Crippen LogP contribution in [-0.4, -0.2) is 16.6 Å². The van der Waals surface area contributed by atoms with Gasteiger partial charge in [-0.1, -0.05) is 35.6 Å². The molecule has 23 heavy (non-hydrogen) atoms. The lowest BCUT2D eigenvalue weighted by atomic mass is 10.1. The molecular formula is C17H16N4OS. The summed E-state index contributed by atoms with van der Waals surface area (Å²) >= 11 is 1.56. The molecule has 0 fully saturated rings. The van der Waals surface area contributed by atoms with Crippen molar-refractivity contribution in [2.75, 3.05) is 10.7 Å². The number of nitrogens with zero attached hydrogens (tertiary/aromatic N) is 2. The number of carbonyl (C=O) groups is 1. The van der Waals surface area contributed by atoms with Gasteiger partial charge in [0.1, 0.15) is 0 Å². The van der Waals surface area contributed by atoms with E-state index in [0.29, 0.717) is 0 Å². The maximum atomic E-state index is 11.1. The lowest BCUT2D eigenvalue weighted by Crippen LogP contribution is -2.07. The Morgan fingerprint density at radius 2 is 1.96 bits per heavy atom. The Hall–Kier alpha value is -2.73. The van der Waals surface area contributed by atoms with Gasteiger partial charge in [-0.25, -0.2) is 4.98 Å². The predicted octanol–water partition coefficient (Wildman–Crippen LogP) is 4.09. The van der Waals surface area contributed by atoms with E-state index < -0.39 is 0 Å². The first-order valence-electron chi connectivity index (χ1n) is 7.16. The molecule has 3 rings (SSSR count). The maximum Gasteiger partial charge on any atom is 0.221 e. The van der Waals surface area contributed by atoms with E-state index in [9.17, 15) is 4.79 Å². The van der Waals surface area contributed by atoms with Crippen LogP contribution < -0.4 is 10.7 Å². The first-order valence-corrected chi connectivity index (χ1v) is 7.97. The van der Waals surface area contributed by atoms with Gasteiger partial charge < -0.3 is 5.32 Å². The Balaban J connectivity index is 1.78. The second-order valence-electron chi connectivity index (χ2n) is 5.06. The molecule has 0 aliphatic heterocycles. The molecule has 0 spiro atoms. The van der Waals surface area contributed by atoms with Crippen LogP contribution in [0.25, 0.3) is 10.2 Å². The normalized spacial score (nSPS) is 11.5. The monoisotopic (exact) mass is 324 g/mol. The van der Waals surface area contributed by atoms with Crippen molar-refractivity contribution >= 4 is 44.0 Å². The molecular weight excluding hydrogens is 308 g/mol. The van der Waals surface area contributed by atoms with E-state index in [-0.39, 0.29) is 5.91 Å². The number of rotatable bonds is 4. The van der Waals surface area contributed by atoms with Gasteiger partial charge in [0, 0.05) is 12.6 Å². The summed E-state index contributed by atoms with van der Waals surface area (Å²) in [7, 11) is 0. The van der Waals surface area contributed by atoms with E-state index in [1.165, 1.54) is 6.92 Å². The second-order valence-corrected chi connectivity index (χ2v) is 6.09. The third-order valence-corrected chi connectivity index (χ3v) is 4.15. The van der Waals surface area contributed by atoms with Crippen molar-refractivity contribution in [2.24, 2.45) is 5.10 Å². The summed E-state index contributed by atoms with van der Waals surface area (Å²) < 4.78 is 1.12. The number of para-hydroxylation sites is 1. The first kappa shape index (κ1) is 15.2. The largest absolute Gasteiger partial charge is 0.326 e. The summed E-state index contributed by atoms with van der Waals surface area (Å²) in [6.07, 6.45) is 0. The summed E-state index contributed by atoms with van der Waals surface area (Å²) in [5.41, 5.74) is 6.46. The Bertz CT molecular complexity index is 852. The lowest BCUT2D eigenvalue weighted by Gasteiger charge is -2.05. The fraction of sp³-hybridized carbons (Fsp3) is 0.118. The average Bonchev–Trinajstić information content (AvgIpc) is 2.95. The Morgan fingerprint density at radius 3 is 2.74 bits per heavy atom. The SMILES string of the molecule is CC(=O)Nc1cccc(/C(C)=N\Nc2nc3ccccc3s2)c1. The van der Waals surface area contributed by atoms with Crippen molar-refractivity contribution in [3.8, 4) is 0 Å². The number of thiazole rings is 1. The van der Waals surface area contributed by atoms with Crippen LogP contribution >= 0.6 is 11.3 Å². The summed E-state index contributed by atoms with van der Waals surface area (Å²) in [6, 6.07) is 15.5. The highest BCUT2D eigenvalue weighted by atomic mass is 32.1. The van der Waals surface area contributed by atoms with Crippen LogP contribution in [0.5, 0.6) is 0 Å². The third kappa shape index (κ3) is 3.73. The minimum Gasteiger partial charge on any atom is -0.326 e. The van der Waals surface area contributed by atoms with Gasteiger partial charge in [0.05, 0.1) is 15.9 Å². The molecule has 0 saturated heterocycles. The Kier molecular flexibility index (Phi) is 4.34. The zero-order valence-electron chi connectivity index (χ0n) is 12.8. The van der Waals surface area contributed by atoms with E-state index in [4.69, 9.17) is 0 Å². The average molecular weight is 324 g/mol. The quantitative estimate of drug-likeness (QED) is 0.561. The number of aromatic nitrogens is 1. The van der Waals surface area contributed by atoms with Gasteiger partial charge in [-0.2, -0.15) is 5.10 Å². The number of benzene rings is 2. The van der Waals surface area contributed by atoms with Crippen LogP contribution in [0, 0.1) is 0 Å². The molecule has 0 atom stereocenters. The molecule has 2 aromatic carbocycles. The molecule has 116 valence electrons. The van der Waals surface area contributed by atoms with Crippen molar-refractivity contribution in [3.63, 3.8) is 0 Å². The van der Waals surface area contributed by atoms with Crippen molar-refractivity contribution in [2.45, 2.75) is 13.8 Å². The number of amides is 1. The van der Waals surface area contributed by atoms with E-state index in [1.807, 2.05) is 55.5 Å². The predicted molar refractivity (Wildman–Crippen MR) is 96.2 cm³/mol. The van der Waals surface area contributed by atoms with Gasteiger partial charge in [0.2, 0.25) is 11.0 Å². The lowest BCUT2D eigenvalue weighted by molar-refractivity contribution is -0.114. The van der Waals surface area contributed by atoms with E-state index in [1.54, 1.807) is 11.3 Å². The molecule has 1 aromatic heterocycles. The van der Waals surface area contributed by atoms with Gasteiger partial charge in [-0.05, 0) is 36.8 Å². The molecule has 0 bridgehead atoms.